The van der Waals surface area contributed by atoms with Crippen molar-refractivity contribution < 1.29 is 4.79 Å². The van der Waals surface area contributed by atoms with Gasteiger partial charge in [0.1, 0.15) is 11.3 Å². The zero-order valence-corrected chi connectivity index (χ0v) is 12.9. The summed E-state index contributed by atoms with van der Waals surface area (Å²) in [7, 11) is 0. The third-order valence-corrected chi connectivity index (χ3v) is 3.95. The van der Waals surface area contributed by atoms with Gasteiger partial charge in [-0.05, 0) is 12.1 Å². The van der Waals surface area contributed by atoms with Crippen LogP contribution < -0.4 is 16.0 Å². The first-order valence-corrected chi connectivity index (χ1v) is 7.81. The number of nitrogens with one attached hydrogen (secondary N) is 4. The van der Waals surface area contributed by atoms with Gasteiger partial charge < -0.3 is 20.9 Å². The molecule has 8 nitrogen and oxygen atoms in total. The summed E-state index contributed by atoms with van der Waals surface area (Å²) in [5.74, 6) is 0.985. The Balaban J connectivity index is 1.65. The number of aromatic nitrogens is 4. The zero-order chi connectivity index (χ0) is 16.4. The van der Waals surface area contributed by atoms with Crippen LogP contribution in [-0.2, 0) is 0 Å². The fraction of sp³-hybridized carbons (Fsp3) is 0.250. The molecule has 122 valence electrons. The van der Waals surface area contributed by atoms with Crippen LogP contribution in [0.4, 0.5) is 5.82 Å². The molecule has 1 saturated heterocycles. The molecule has 1 amide bonds. The van der Waals surface area contributed by atoms with Crippen molar-refractivity contribution in [1.82, 2.24) is 30.6 Å². The van der Waals surface area contributed by atoms with Crippen LogP contribution in [0.3, 0.4) is 0 Å². The fourth-order valence-corrected chi connectivity index (χ4v) is 2.79. The normalized spacial score (nSPS) is 17.8. The number of hydrogen-bond donors (Lipinski definition) is 4. The number of para-hydroxylation sites is 1. The minimum atomic E-state index is -0.256. The Morgan fingerprint density at radius 3 is 3.00 bits per heavy atom. The quantitative estimate of drug-likeness (QED) is 0.569. The van der Waals surface area contributed by atoms with Crippen molar-refractivity contribution in [3.05, 3.63) is 48.2 Å². The third kappa shape index (κ3) is 2.84. The number of H-pyrrole nitrogens is 1. The molecule has 1 atom stereocenters. The van der Waals surface area contributed by atoms with E-state index in [0.29, 0.717) is 16.9 Å². The van der Waals surface area contributed by atoms with Crippen LogP contribution in [0.2, 0.25) is 0 Å². The molecular weight excluding hydrogens is 306 g/mol. The lowest BCUT2D eigenvalue weighted by atomic mass is 10.1. The predicted molar refractivity (Wildman–Crippen MR) is 89.7 cm³/mol. The monoisotopic (exact) mass is 323 g/mol. The van der Waals surface area contributed by atoms with E-state index in [1.165, 1.54) is 12.4 Å². The molecule has 8 heteroatoms. The number of fused-ring (bicyclic) bond motifs is 1. The molecule has 1 unspecified atom stereocenters. The van der Waals surface area contributed by atoms with Gasteiger partial charge in [-0.2, -0.15) is 0 Å². The van der Waals surface area contributed by atoms with E-state index in [1.807, 2.05) is 12.1 Å². The van der Waals surface area contributed by atoms with E-state index in [1.54, 1.807) is 12.3 Å². The highest BCUT2D eigenvalue weighted by atomic mass is 16.1. The first-order chi connectivity index (χ1) is 11.8. The number of benzene rings is 1. The Bertz CT molecular complexity index is 855. The molecule has 1 fully saturated rings. The molecule has 4 rings (SSSR count). The summed E-state index contributed by atoms with van der Waals surface area (Å²) in [6.07, 6.45) is 4.60. The minimum absolute atomic E-state index is 0.113. The van der Waals surface area contributed by atoms with Gasteiger partial charge in [0.2, 0.25) is 0 Å². The molecule has 1 aromatic carbocycles. The molecule has 1 aliphatic heterocycles. The van der Waals surface area contributed by atoms with Crippen LogP contribution in [-0.4, -0.2) is 45.5 Å². The Labute approximate surface area is 138 Å². The molecule has 4 N–H and O–H groups in total. The lowest BCUT2D eigenvalue weighted by Gasteiger charge is -2.22. The highest BCUT2D eigenvalue weighted by Gasteiger charge is 2.20. The number of nitrogens with zero attached hydrogens (tertiary/aromatic N) is 3. The Kier molecular flexibility index (Phi) is 3.89. The number of hydrogen-bond acceptors (Lipinski definition) is 6. The summed E-state index contributed by atoms with van der Waals surface area (Å²) in [6, 6.07) is 5.62. The van der Waals surface area contributed by atoms with Crippen molar-refractivity contribution in [2.24, 2.45) is 0 Å². The zero-order valence-electron chi connectivity index (χ0n) is 12.9. The Morgan fingerprint density at radius 1 is 1.25 bits per heavy atom. The number of anilines is 1. The molecule has 0 saturated carbocycles. The number of amides is 1. The Morgan fingerprint density at radius 2 is 2.21 bits per heavy atom. The van der Waals surface area contributed by atoms with Gasteiger partial charge in [-0.15, -0.1) is 0 Å². The molecule has 0 aliphatic carbocycles. The molecule has 1 aliphatic rings. The highest BCUT2D eigenvalue weighted by Crippen LogP contribution is 2.21. The summed E-state index contributed by atoms with van der Waals surface area (Å²) in [5.41, 5.74) is 2.00. The second kappa shape index (κ2) is 6.34. The van der Waals surface area contributed by atoms with Crippen LogP contribution in [0.5, 0.6) is 0 Å². The van der Waals surface area contributed by atoms with Gasteiger partial charge in [0.25, 0.3) is 5.91 Å². The van der Waals surface area contributed by atoms with Crippen LogP contribution in [0, 0.1) is 0 Å². The van der Waals surface area contributed by atoms with Gasteiger partial charge in [0.05, 0.1) is 23.3 Å². The molecule has 0 bridgehead atoms. The average molecular weight is 323 g/mol. The van der Waals surface area contributed by atoms with Gasteiger partial charge in [-0.25, -0.2) is 9.97 Å². The molecule has 2 aromatic heterocycles. The van der Waals surface area contributed by atoms with E-state index in [-0.39, 0.29) is 11.9 Å². The maximum absolute atomic E-state index is 12.6. The van der Waals surface area contributed by atoms with E-state index >= 15 is 0 Å². The van der Waals surface area contributed by atoms with Crippen LogP contribution in [0.25, 0.3) is 11.0 Å². The predicted octanol–water partition coefficient (Wildman–Crippen LogP) is 0.839. The Hall–Kier alpha value is -2.84. The van der Waals surface area contributed by atoms with Gasteiger partial charge in [0.15, 0.2) is 5.82 Å². The first-order valence-electron chi connectivity index (χ1n) is 7.81. The van der Waals surface area contributed by atoms with Crippen molar-refractivity contribution >= 4 is 22.8 Å². The van der Waals surface area contributed by atoms with Crippen LogP contribution >= 0.6 is 0 Å². The summed E-state index contributed by atoms with van der Waals surface area (Å²) < 4.78 is 0. The fourth-order valence-electron chi connectivity index (χ4n) is 2.79. The topological polar surface area (TPSA) is 108 Å². The lowest BCUT2D eigenvalue weighted by molar-refractivity contribution is 0.102. The molecule has 0 radical (unpaired) electrons. The number of piperazine rings is 1. The van der Waals surface area contributed by atoms with Crippen molar-refractivity contribution in [3.8, 4) is 0 Å². The highest BCUT2D eigenvalue weighted by molar-refractivity contribution is 6.11. The van der Waals surface area contributed by atoms with E-state index in [9.17, 15) is 4.79 Å². The summed E-state index contributed by atoms with van der Waals surface area (Å²) >= 11 is 0. The number of aromatic amines is 1. The summed E-state index contributed by atoms with van der Waals surface area (Å²) in [5, 5.41) is 9.49. The van der Waals surface area contributed by atoms with Gasteiger partial charge >= 0.3 is 0 Å². The summed E-state index contributed by atoms with van der Waals surface area (Å²) in [4.78, 5) is 28.5. The number of carbonyl (C=O) groups excluding carboxylic acids is 1. The van der Waals surface area contributed by atoms with Crippen molar-refractivity contribution in [1.29, 1.82) is 0 Å². The lowest BCUT2D eigenvalue weighted by Crippen LogP contribution is -2.43. The van der Waals surface area contributed by atoms with Crippen molar-refractivity contribution in [2.45, 2.75) is 6.04 Å². The first kappa shape index (κ1) is 14.7. The molecule has 3 aromatic rings. The van der Waals surface area contributed by atoms with E-state index in [0.717, 1.165) is 31.0 Å². The van der Waals surface area contributed by atoms with Crippen LogP contribution in [0.15, 0.2) is 36.8 Å². The SMILES string of the molecule is O=C(Nc1cnccn1)c1cccc2[nH]c(C3CNCCN3)nc12. The second-order valence-corrected chi connectivity index (χ2v) is 5.58. The van der Waals surface area contributed by atoms with Crippen molar-refractivity contribution in [3.63, 3.8) is 0 Å². The number of rotatable bonds is 3. The number of imidazole rings is 1. The van der Waals surface area contributed by atoms with E-state index < -0.39 is 0 Å². The smallest absolute Gasteiger partial charge is 0.259 e. The molecule has 0 spiro atoms. The number of carbonyl (C=O) groups is 1. The minimum Gasteiger partial charge on any atom is -0.341 e. The largest absolute Gasteiger partial charge is 0.341 e. The van der Waals surface area contributed by atoms with Crippen molar-refractivity contribution in [2.75, 3.05) is 25.0 Å². The maximum Gasteiger partial charge on any atom is 0.259 e. The van der Waals surface area contributed by atoms with Gasteiger partial charge in [-0.1, -0.05) is 6.07 Å². The average Bonchev–Trinajstić information content (AvgIpc) is 3.07. The van der Waals surface area contributed by atoms with Gasteiger partial charge in [0, 0.05) is 32.0 Å². The maximum atomic E-state index is 12.6. The standard InChI is InChI=1S/C16H17N7O/c24-16(22-13-9-18-5-7-20-13)10-2-1-3-11-14(10)23-15(21-11)12-8-17-4-6-19-12/h1-3,5,7,9,12,17,19H,4,6,8H2,(H,21,23)(H,20,22,24). The van der Waals surface area contributed by atoms with Gasteiger partial charge in [-0.3, -0.25) is 9.78 Å². The summed E-state index contributed by atoms with van der Waals surface area (Å²) in [6.45, 7) is 2.64. The molecule has 24 heavy (non-hydrogen) atoms. The van der Waals surface area contributed by atoms with E-state index in [4.69, 9.17) is 0 Å². The van der Waals surface area contributed by atoms with E-state index in [2.05, 4.69) is 35.9 Å². The van der Waals surface area contributed by atoms with Crippen LogP contribution in [0.1, 0.15) is 22.2 Å². The second-order valence-electron chi connectivity index (χ2n) is 5.58. The molecular formula is C16H17N7O. The third-order valence-electron chi connectivity index (χ3n) is 3.95. The molecule has 3 heterocycles.